The number of nitrogens with zero attached hydrogens (tertiary/aromatic N) is 1. The maximum absolute atomic E-state index is 13.0. The molecular weight excluding hydrogens is 309 g/mol. The highest BCUT2D eigenvalue weighted by Gasteiger charge is 2.34. The van der Waals surface area contributed by atoms with Crippen LogP contribution in [0.5, 0.6) is 0 Å². The van der Waals surface area contributed by atoms with Crippen LogP contribution in [-0.2, 0) is 6.18 Å². The van der Waals surface area contributed by atoms with E-state index in [1.165, 1.54) is 23.9 Å². The number of thioether (sulfide) groups is 1. The molecule has 0 saturated heterocycles. The van der Waals surface area contributed by atoms with Crippen molar-refractivity contribution in [3.8, 4) is 0 Å². The van der Waals surface area contributed by atoms with E-state index < -0.39 is 11.7 Å². The van der Waals surface area contributed by atoms with Gasteiger partial charge in [-0.15, -0.1) is 0 Å². The molecule has 0 aliphatic carbocycles. The van der Waals surface area contributed by atoms with Crippen molar-refractivity contribution in [1.29, 1.82) is 0 Å². The van der Waals surface area contributed by atoms with E-state index in [0.29, 0.717) is 11.1 Å². The molecule has 0 spiro atoms. The molecule has 1 aliphatic rings. The van der Waals surface area contributed by atoms with Crippen LogP contribution >= 0.6 is 23.4 Å². The lowest BCUT2D eigenvalue weighted by Crippen LogP contribution is -2.26. The minimum atomic E-state index is -4.45. The van der Waals surface area contributed by atoms with Gasteiger partial charge in [-0.3, -0.25) is 4.99 Å². The lowest BCUT2D eigenvalue weighted by Gasteiger charge is -2.24. The quantitative estimate of drug-likeness (QED) is 0.795. The van der Waals surface area contributed by atoms with Crippen LogP contribution in [0.1, 0.15) is 19.4 Å². The number of halogens is 4. The molecule has 2 nitrogen and oxygen atoms in total. The van der Waals surface area contributed by atoms with Gasteiger partial charge in [0, 0.05) is 10.8 Å². The molecule has 2 unspecified atom stereocenters. The molecule has 2 rings (SSSR count). The van der Waals surface area contributed by atoms with Gasteiger partial charge in [0.1, 0.15) is 0 Å². The summed E-state index contributed by atoms with van der Waals surface area (Å²) in [5.74, 6) is 1.25. The van der Waals surface area contributed by atoms with Crippen LogP contribution in [0.4, 0.5) is 18.9 Å². The van der Waals surface area contributed by atoms with Gasteiger partial charge < -0.3 is 5.32 Å². The number of benzene rings is 1. The Labute approximate surface area is 124 Å². The molecule has 0 saturated carbocycles. The normalized spacial score (nSPS) is 23.4. The Hall–Kier alpha value is -0.880. The zero-order chi connectivity index (χ0) is 14.9. The molecule has 20 heavy (non-hydrogen) atoms. The van der Waals surface area contributed by atoms with Crippen molar-refractivity contribution >= 4 is 34.2 Å². The number of nitrogens with one attached hydrogen (secondary N) is 1. The molecule has 0 amide bonds. The first kappa shape index (κ1) is 15.5. The Morgan fingerprint density at radius 1 is 1.35 bits per heavy atom. The maximum Gasteiger partial charge on any atom is 0.418 e. The fourth-order valence-electron chi connectivity index (χ4n) is 1.74. The summed E-state index contributed by atoms with van der Waals surface area (Å²) < 4.78 is 38.9. The van der Waals surface area contributed by atoms with Gasteiger partial charge >= 0.3 is 6.18 Å². The van der Waals surface area contributed by atoms with E-state index in [0.717, 1.165) is 11.8 Å². The van der Waals surface area contributed by atoms with Crippen molar-refractivity contribution in [2.75, 3.05) is 11.1 Å². The van der Waals surface area contributed by atoms with Crippen molar-refractivity contribution in [3.05, 3.63) is 28.8 Å². The summed E-state index contributed by atoms with van der Waals surface area (Å²) in [6.07, 6.45) is -4.45. The average Bonchev–Trinajstić information content (AvgIpc) is 2.35. The molecule has 1 aliphatic heterocycles. The fraction of sp³-hybridized carbons (Fsp3) is 0.462. The molecule has 7 heteroatoms. The zero-order valence-corrected chi connectivity index (χ0v) is 12.5. The van der Waals surface area contributed by atoms with Gasteiger partial charge in [-0.05, 0) is 31.0 Å². The molecule has 1 aromatic rings. The second-order valence-electron chi connectivity index (χ2n) is 4.78. The van der Waals surface area contributed by atoms with Crippen LogP contribution in [0.2, 0.25) is 5.02 Å². The third-order valence-electron chi connectivity index (χ3n) is 3.16. The van der Waals surface area contributed by atoms with E-state index in [2.05, 4.69) is 17.2 Å². The van der Waals surface area contributed by atoms with E-state index in [1.807, 2.05) is 6.92 Å². The Balaban J connectivity index is 2.28. The van der Waals surface area contributed by atoms with Crippen LogP contribution in [0.15, 0.2) is 23.2 Å². The summed E-state index contributed by atoms with van der Waals surface area (Å²) in [5.41, 5.74) is -0.797. The highest BCUT2D eigenvalue weighted by molar-refractivity contribution is 8.14. The minimum absolute atomic E-state index is 0.0186. The molecule has 110 valence electrons. The zero-order valence-electron chi connectivity index (χ0n) is 11.0. The van der Waals surface area contributed by atoms with Gasteiger partial charge in [0.15, 0.2) is 5.17 Å². The van der Waals surface area contributed by atoms with Gasteiger partial charge in [0.2, 0.25) is 0 Å². The monoisotopic (exact) mass is 322 g/mol. The maximum atomic E-state index is 13.0. The Morgan fingerprint density at radius 3 is 2.65 bits per heavy atom. The largest absolute Gasteiger partial charge is 0.418 e. The van der Waals surface area contributed by atoms with E-state index >= 15 is 0 Å². The highest BCUT2D eigenvalue weighted by atomic mass is 35.5. The van der Waals surface area contributed by atoms with Crippen LogP contribution in [0.25, 0.3) is 0 Å². The molecular formula is C13H14ClF3N2S. The van der Waals surface area contributed by atoms with Crippen LogP contribution in [0, 0.1) is 5.92 Å². The average molecular weight is 323 g/mol. The predicted molar refractivity (Wildman–Crippen MR) is 78.6 cm³/mol. The van der Waals surface area contributed by atoms with Crippen molar-refractivity contribution in [1.82, 2.24) is 0 Å². The molecule has 1 aromatic carbocycles. The van der Waals surface area contributed by atoms with Crippen molar-refractivity contribution in [2.45, 2.75) is 26.1 Å². The van der Waals surface area contributed by atoms with Crippen molar-refractivity contribution < 1.29 is 13.2 Å². The number of anilines is 1. The number of rotatable bonds is 1. The summed E-state index contributed by atoms with van der Waals surface area (Å²) >= 11 is 7.08. The molecule has 2 atom stereocenters. The van der Waals surface area contributed by atoms with E-state index in [1.54, 1.807) is 0 Å². The summed E-state index contributed by atoms with van der Waals surface area (Å²) in [7, 11) is 0. The minimum Gasteiger partial charge on any atom is -0.334 e. The topological polar surface area (TPSA) is 24.4 Å². The predicted octanol–water partition coefficient (Wildman–Crippen LogP) is 4.90. The summed E-state index contributed by atoms with van der Waals surface area (Å²) in [4.78, 5) is 4.37. The van der Waals surface area contributed by atoms with Gasteiger partial charge in [0.25, 0.3) is 0 Å². The standard InChI is InChI=1S/C13H14ClF3N2S/c1-7-6-20-12(18-8(7)2)19-11-4-3-9(14)5-10(11)13(15,16)17/h3-5,7-8H,6H2,1-2H3,(H,18,19). The Morgan fingerprint density at radius 2 is 2.05 bits per heavy atom. The number of hydrogen-bond donors (Lipinski definition) is 1. The van der Waals surface area contributed by atoms with E-state index in [9.17, 15) is 13.2 Å². The fourth-order valence-corrected chi connectivity index (χ4v) is 3.04. The van der Waals surface area contributed by atoms with Crippen LogP contribution in [0.3, 0.4) is 0 Å². The third kappa shape index (κ3) is 3.61. The van der Waals surface area contributed by atoms with Gasteiger partial charge in [-0.25, -0.2) is 0 Å². The Kier molecular flexibility index (Phi) is 4.54. The lowest BCUT2D eigenvalue weighted by molar-refractivity contribution is -0.136. The number of aliphatic imine (C=N–C) groups is 1. The summed E-state index contributed by atoms with van der Waals surface area (Å²) in [6.45, 7) is 4.03. The number of alkyl halides is 3. The SMILES string of the molecule is CC1CSC(Nc2ccc(Cl)cc2C(F)(F)F)=NC1C. The molecule has 1 heterocycles. The first-order valence-corrected chi connectivity index (χ1v) is 7.48. The van der Waals surface area contributed by atoms with Crippen LogP contribution in [-0.4, -0.2) is 17.0 Å². The van der Waals surface area contributed by atoms with Gasteiger partial charge in [-0.2, -0.15) is 13.2 Å². The number of hydrogen-bond acceptors (Lipinski definition) is 3. The lowest BCUT2D eigenvalue weighted by atomic mass is 10.1. The molecule has 0 aromatic heterocycles. The first-order valence-electron chi connectivity index (χ1n) is 6.11. The van der Waals surface area contributed by atoms with E-state index in [-0.39, 0.29) is 16.8 Å². The van der Waals surface area contributed by atoms with E-state index in [4.69, 9.17) is 11.6 Å². The molecule has 0 fully saturated rings. The Bertz CT molecular complexity index is 531. The smallest absolute Gasteiger partial charge is 0.334 e. The second kappa shape index (κ2) is 5.85. The molecule has 0 radical (unpaired) electrons. The van der Waals surface area contributed by atoms with Crippen molar-refractivity contribution in [2.24, 2.45) is 10.9 Å². The molecule has 1 N–H and O–H groups in total. The van der Waals surface area contributed by atoms with Crippen molar-refractivity contribution in [3.63, 3.8) is 0 Å². The highest BCUT2D eigenvalue weighted by Crippen LogP contribution is 2.37. The van der Waals surface area contributed by atoms with Gasteiger partial charge in [-0.1, -0.05) is 30.3 Å². The summed E-state index contributed by atoms with van der Waals surface area (Å²) in [5, 5.41) is 3.34. The second-order valence-corrected chi connectivity index (χ2v) is 6.22. The third-order valence-corrected chi connectivity index (χ3v) is 4.56. The molecule has 0 bridgehead atoms. The number of amidine groups is 1. The van der Waals surface area contributed by atoms with Crippen LogP contribution < -0.4 is 5.32 Å². The first-order chi connectivity index (χ1) is 9.27. The summed E-state index contributed by atoms with van der Waals surface area (Å²) in [6, 6.07) is 3.78. The van der Waals surface area contributed by atoms with Gasteiger partial charge in [0.05, 0.1) is 17.3 Å².